The van der Waals surface area contributed by atoms with Crippen LogP contribution in [0.1, 0.15) is 30.9 Å². The van der Waals surface area contributed by atoms with Crippen LogP contribution in [0, 0.1) is 6.92 Å². The van der Waals surface area contributed by atoms with Crippen molar-refractivity contribution in [3.63, 3.8) is 0 Å². The summed E-state index contributed by atoms with van der Waals surface area (Å²) in [6.45, 7) is 4.59. The molecule has 1 N–H and O–H groups in total. The molecule has 0 radical (unpaired) electrons. The molecule has 0 atom stereocenters. The van der Waals surface area contributed by atoms with Crippen LogP contribution in [-0.2, 0) is 0 Å². The Morgan fingerprint density at radius 3 is 2.55 bits per heavy atom. The van der Waals surface area contributed by atoms with E-state index in [9.17, 15) is 4.79 Å². The minimum atomic E-state index is -0.896. The van der Waals surface area contributed by atoms with Crippen molar-refractivity contribution in [3.05, 3.63) is 59.9 Å². The number of carboxylic acid groups (broad SMARTS) is 1. The van der Waals surface area contributed by atoms with Crippen LogP contribution < -0.4 is 9.57 Å². The summed E-state index contributed by atoms with van der Waals surface area (Å²) in [5.74, 6) is 0.755. The number of hydrogen-bond acceptors (Lipinski definition) is 6. The smallest absolute Gasteiger partial charge is 0.407 e. The maximum absolute atomic E-state index is 11.0. The zero-order chi connectivity index (χ0) is 21.8. The highest BCUT2D eigenvalue weighted by Crippen LogP contribution is 2.26. The van der Waals surface area contributed by atoms with E-state index >= 15 is 0 Å². The lowest BCUT2D eigenvalue weighted by Gasteiger charge is -2.30. The molecule has 8 heteroatoms. The summed E-state index contributed by atoms with van der Waals surface area (Å²) in [6.07, 6.45) is 1.62. The number of likely N-dealkylation sites (tertiary alicyclic amines) is 1. The Bertz CT molecular complexity index is 1120. The summed E-state index contributed by atoms with van der Waals surface area (Å²) < 4.78 is 6.00. The van der Waals surface area contributed by atoms with Gasteiger partial charge in [-0.2, -0.15) is 4.98 Å². The molecule has 0 spiro atoms. The van der Waals surface area contributed by atoms with Gasteiger partial charge in [0.05, 0.1) is 11.3 Å². The van der Waals surface area contributed by atoms with E-state index in [2.05, 4.69) is 39.4 Å². The van der Waals surface area contributed by atoms with E-state index in [-0.39, 0.29) is 6.10 Å². The van der Waals surface area contributed by atoms with Crippen LogP contribution in [0.25, 0.3) is 10.8 Å². The van der Waals surface area contributed by atoms with Crippen LogP contribution in [-0.4, -0.2) is 51.0 Å². The number of fused-ring (bicyclic) bond motifs is 1. The summed E-state index contributed by atoms with van der Waals surface area (Å²) in [6, 6.07) is 14.3. The summed E-state index contributed by atoms with van der Waals surface area (Å²) in [4.78, 5) is 26.4. The van der Waals surface area contributed by atoms with Gasteiger partial charge in [-0.3, -0.25) is 0 Å². The highest BCUT2D eigenvalue weighted by atomic mass is 16.6. The van der Waals surface area contributed by atoms with E-state index in [1.165, 1.54) is 16.6 Å². The fraction of sp³-hybridized carbons (Fsp3) is 0.304. The molecule has 3 aromatic rings. The van der Waals surface area contributed by atoms with Gasteiger partial charge in [-0.1, -0.05) is 41.6 Å². The molecule has 0 aliphatic carbocycles. The van der Waals surface area contributed by atoms with Crippen molar-refractivity contribution in [1.82, 2.24) is 14.9 Å². The second kappa shape index (κ2) is 8.99. The Morgan fingerprint density at radius 1 is 1.10 bits per heavy atom. The third-order valence-electron chi connectivity index (χ3n) is 5.42. The molecule has 0 bridgehead atoms. The van der Waals surface area contributed by atoms with Crippen LogP contribution in [0.4, 0.5) is 4.79 Å². The van der Waals surface area contributed by atoms with E-state index in [0.717, 1.165) is 16.7 Å². The second-order valence-electron chi connectivity index (χ2n) is 7.53. The number of piperidine rings is 1. The van der Waals surface area contributed by atoms with Crippen molar-refractivity contribution in [2.24, 2.45) is 5.16 Å². The average Bonchev–Trinajstić information content (AvgIpc) is 2.79. The largest absolute Gasteiger partial charge is 0.474 e. The Labute approximate surface area is 180 Å². The number of nitrogens with zero attached hydrogens (tertiary/aromatic N) is 4. The number of oxime groups is 1. The minimum Gasteiger partial charge on any atom is -0.474 e. The van der Waals surface area contributed by atoms with Gasteiger partial charge in [0.25, 0.3) is 5.88 Å². The van der Waals surface area contributed by atoms with Crippen LogP contribution in [0.5, 0.6) is 11.8 Å². The highest BCUT2D eigenvalue weighted by Gasteiger charge is 2.24. The summed E-state index contributed by atoms with van der Waals surface area (Å²) in [5, 5.41) is 15.6. The Morgan fingerprint density at radius 2 is 1.81 bits per heavy atom. The number of benzene rings is 2. The number of amides is 1. The topological polar surface area (TPSA) is 97.1 Å². The van der Waals surface area contributed by atoms with Gasteiger partial charge in [-0.25, -0.2) is 9.78 Å². The van der Waals surface area contributed by atoms with Gasteiger partial charge in [0.1, 0.15) is 12.4 Å². The number of carbonyl (C=O) groups is 1. The molecule has 1 aliphatic rings. The highest BCUT2D eigenvalue weighted by molar-refractivity contribution is 6.01. The van der Waals surface area contributed by atoms with Crippen LogP contribution >= 0.6 is 0 Å². The molecule has 1 aliphatic heterocycles. The first-order chi connectivity index (χ1) is 15.0. The molecule has 2 aromatic carbocycles. The summed E-state index contributed by atoms with van der Waals surface area (Å²) >= 11 is 0. The van der Waals surface area contributed by atoms with Crippen molar-refractivity contribution < 1.29 is 19.5 Å². The zero-order valence-corrected chi connectivity index (χ0v) is 17.5. The van der Waals surface area contributed by atoms with Crippen molar-refractivity contribution >= 4 is 22.6 Å². The minimum absolute atomic E-state index is 0.0973. The molecule has 160 valence electrons. The molecule has 2 heterocycles. The lowest BCUT2D eigenvalue weighted by atomic mass is 10.0. The quantitative estimate of drug-likeness (QED) is 0.489. The van der Waals surface area contributed by atoms with E-state index in [4.69, 9.17) is 14.7 Å². The monoisotopic (exact) mass is 420 g/mol. The molecule has 0 saturated carbocycles. The van der Waals surface area contributed by atoms with E-state index in [1.807, 2.05) is 32.0 Å². The Balaban J connectivity index is 1.44. The van der Waals surface area contributed by atoms with Gasteiger partial charge < -0.3 is 19.6 Å². The van der Waals surface area contributed by atoms with Crippen molar-refractivity contribution in [3.8, 4) is 11.8 Å². The average molecular weight is 420 g/mol. The molecule has 31 heavy (non-hydrogen) atoms. The van der Waals surface area contributed by atoms with Gasteiger partial charge in [0.15, 0.2) is 0 Å². The number of rotatable bonds is 5. The van der Waals surface area contributed by atoms with E-state index in [0.29, 0.717) is 43.3 Å². The second-order valence-corrected chi connectivity index (χ2v) is 7.53. The van der Waals surface area contributed by atoms with E-state index in [1.54, 1.807) is 0 Å². The molecule has 0 unspecified atom stereocenters. The first-order valence-electron chi connectivity index (χ1n) is 10.2. The molecule has 1 saturated heterocycles. The lowest BCUT2D eigenvalue weighted by molar-refractivity contribution is 0.0863. The van der Waals surface area contributed by atoms with Gasteiger partial charge in [0, 0.05) is 25.9 Å². The van der Waals surface area contributed by atoms with Crippen molar-refractivity contribution in [1.29, 1.82) is 0 Å². The predicted molar refractivity (Wildman–Crippen MR) is 117 cm³/mol. The van der Waals surface area contributed by atoms with Crippen LogP contribution in [0.15, 0.2) is 53.9 Å². The number of ether oxygens (including phenoxy) is 1. The molecule has 4 rings (SSSR count). The molecule has 8 nitrogen and oxygen atoms in total. The number of aromatic nitrogens is 2. The maximum Gasteiger partial charge on any atom is 0.407 e. The number of hydrogen-bond donors (Lipinski definition) is 1. The van der Waals surface area contributed by atoms with E-state index < -0.39 is 6.09 Å². The zero-order valence-electron chi connectivity index (χ0n) is 17.5. The predicted octanol–water partition coefficient (Wildman–Crippen LogP) is 4.26. The third-order valence-corrected chi connectivity index (χ3v) is 5.42. The maximum atomic E-state index is 11.0. The molecular formula is C23H24N4O4. The van der Waals surface area contributed by atoms with Gasteiger partial charge in [-0.15, -0.1) is 0 Å². The first-order valence-corrected chi connectivity index (χ1v) is 10.2. The Kier molecular flexibility index (Phi) is 5.97. The summed E-state index contributed by atoms with van der Waals surface area (Å²) in [5.41, 5.74) is 2.34. The molecule has 1 amide bonds. The normalized spacial score (nSPS) is 15.2. The molecular weight excluding hydrogens is 396 g/mol. The van der Waals surface area contributed by atoms with Crippen LogP contribution in [0.3, 0.4) is 0 Å². The standard InChI is InChI=1S/C23H24N4O4/c1-15-21(30-20-9-11-27(12-10-20)23(28)29)24-14-25-22(15)31-26-16(2)18-8-7-17-5-3-4-6-19(17)13-18/h3-8,13-14,20H,9-12H2,1-2H3,(H,28,29). The third kappa shape index (κ3) is 4.74. The van der Waals surface area contributed by atoms with Crippen molar-refractivity contribution in [2.75, 3.05) is 13.1 Å². The lowest BCUT2D eigenvalue weighted by Crippen LogP contribution is -2.41. The van der Waals surface area contributed by atoms with Crippen LogP contribution in [0.2, 0.25) is 0 Å². The molecule has 1 fully saturated rings. The van der Waals surface area contributed by atoms with Gasteiger partial charge in [-0.05, 0) is 36.2 Å². The van der Waals surface area contributed by atoms with Crippen molar-refractivity contribution in [2.45, 2.75) is 32.8 Å². The fourth-order valence-corrected chi connectivity index (χ4v) is 3.53. The molecule has 1 aromatic heterocycles. The summed E-state index contributed by atoms with van der Waals surface area (Å²) in [7, 11) is 0. The fourth-order valence-electron chi connectivity index (χ4n) is 3.53. The van der Waals surface area contributed by atoms with Gasteiger partial charge in [0.2, 0.25) is 5.88 Å². The Hall–Kier alpha value is -3.68. The SMILES string of the molecule is CC(=NOc1ncnc(OC2CCN(C(=O)O)CC2)c1C)c1ccc2ccccc2c1. The van der Waals surface area contributed by atoms with Gasteiger partial charge >= 0.3 is 6.09 Å². The first kappa shape index (κ1) is 20.6.